The largest absolute Gasteiger partial charge is 0.418 e. The molecule has 0 atom stereocenters. The first-order valence-electron chi connectivity index (χ1n) is 9.05. The van der Waals surface area contributed by atoms with Crippen molar-refractivity contribution in [1.82, 2.24) is 14.2 Å². The molecule has 7 nitrogen and oxygen atoms in total. The monoisotopic (exact) mass is 428 g/mol. The van der Waals surface area contributed by atoms with Crippen molar-refractivity contribution in [2.45, 2.75) is 13.1 Å². The standard InChI is InChI=1S/C21H15F3N4O3/c1-12-4-2-3-5-15(12)26-28-18-9-17(27-7-6-13(10-27)11-29)14(21(22,23)24)8-16(18)25-19(30)20(28)31/h2-11,26H,1H3,(H,25,30). The maximum absolute atomic E-state index is 13.8. The van der Waals surface area contributed by atoms with Crippen LogP contribution in [0.25, 0.3) is 16.7 Å². The van der Waals surface area contributed by atoms with E-state index in [1.165, 1.54) is 18.5 Å². The quantitative estimate of drug-likeness (QED) is 0.385. The van der Waals surface area contributed by atoms with Crippen molar-refractivity contribution >= 4 is 23.0 Å². The summed E-state index contributed by atoms with van der Waals surface area (Å²) >= 11 is 0. The Hall–Kier alpha value is -4.08. The number of nitrogens with one attached hydrogen (secondary N) is 2. The fourth-order valence-corrected chi connectivity index (χ4v) is 3.25. The highest BCUT2D eigenvalue weighted by molar-refractivity contribution is 5.81. The Bertz CT molecular complexity index is 1430. The van der Waals surface area contributed by atoms with Crippen LogP contribution in [0.2, 0.25) is 0 Å². The van der Waals surface area contributed by atoms with Crippen LogP contribution in [-0.2, 0) is 6.18 Å². The van der Waals surface area contributed by atoms with E-state index in [4.69, 9.17) is 0 Å². The second kappa shape index (κ2) is 7.31. The first-order valence-corrected chi connectivity index (χ1v) is 9.05. The van der Waals surface area contributed by atoms with Gasteiger partial charge in [0.2, 0.25) is 0 Å². The Morgan fingerprint density at radius 1 is 1.10 bits per heavy atom. The lowest BCUT2D eigenvalue weighted by Crippen LogP contribution is -2.39. The Balaban J connectivity index is 2.04. The number of H-pyrrole nitrogens is 1. The summed E-state index contributed by atoms with van der Waals surface area (Å²) in [6.07, 6.45) is -1.69. The summed E-state index contributed by atoms with van der Waals surface area (Å²) < 4.78 is 43.4. The number of rotatable bonds is 4. The van der Waals surface area contributed by atoms with Gasteiger partial charge in [0.1, 0.15) is 0 Å². The van der Waals surface area contributed by atoms with Crippen molar-refractivity contribution in [1.29, 1.82) is 0 Å². The van der Waals surface area contributed by atoms with Crippen molar-refractivity contribution in [3.05, 3.63) is 92.3 Å². The molecule has 158 valence electrons. The van der Waals surface area contributed by atoms with Gasteiger partial charge >= 0.3 is 17.3 Å². The third-order valence-electron chi connectivity index (χ3n) is 4.81. The van der Waals surface area contributed by atoms with Gasteiger partial charge in [-0.2, -0.15) is 13.2 Å². The summed E-state index contributed by atoms with van der Waals surface area (Å²) in [6.45, 7) is 1.77. The van der Waals surface area contributed by atoms with E-state index >= 15 is 0 Å². The number of anilines is 1. The highest BCUT2D eigenvalue weighted by Crippen LogP contribution is 2.36. The molecule has 0 unspecified atom stereocenters. The number of aldehydes is 1. The van der Waals surface area contributed by atoms with Gasteiger partial charge in [0.05, 0.1) is 28.0 Å². The number of halogens is 3. The molecule has 0 bridgehead atoms. The molecule has 4 aromatic rings. The number of benzene rings is 2. The van der Waals surface area contributed by atoms with Gasteiger partial charge in [0.25, 0.3) is 0 Å². The molecule has 0 saturated heterocycles. The van der Waals surface area contributed by atoms with Gasteiger partial charge in [-0.05, 0) is 36.8 Å². The number of carbonyl (C=O) groups excluding carboxylic acids is 1. The van der Waals surface area contributed by atoms with Crippen LogP contribution >= 0.6 is 0 Å². The molecule has 0 aliphatic carbocycles. The van der Waals surface area contributed by atoms with Gasteiger partial charge in [-0.3, -0.25) is 19.8 Å². The minimum atomic E-state index is -4.75. The molecule has 31 heavy (non-hydrogen) atoms. The molecule has 0 aliphatic rings. The van der Waals surface area contributed by atoms with E-state index in [-0.39, 0.29) is 22.3 Å². The molecule has 10 heteroatoms. The number of carbonyl (C=O) groups is 1. The molecule has 0 amide bonds. The van der Waals surface area contributed by atoms with Crippen LogP contribution < -0.4 is 16.5 Å². The minimum Gasteiger partial charge on any atom is -0.322 e. The zero-order valence-electron chi connectivity index (χ0n) is 16.0. The fourth-order valence-electron chi connectivity index (χ4n) is 3.25. The molecular weight excluding hydrogens is 413 g/mol. The maximum Gasteiger partial charge on any atom is 0.418 e. The first kappa shape index (κ1) is 20.2. The molecule has 0 spiro atoms. The van der Waals surface area contributed by atoms with Gasteiger partial charge in [-0.15, -0.1) is 0 Å². The molecule has 2 aromatic heterocycles. The summed E-state index contributed by atoms with van der Waals surface area (Å²) in [5, 5.41) is 0. The highest BCUT2D eigenvalue weighted by Gasteiger charge is 2.35. The number of aryl methyl sites for hydroxylation is 1. The van der Waals surface area contributed by atoms with E-state index in [9.17, 15) is 27.6 Å². The summed E-state index contributed by atoms with van der Waals surface area (Å²) in [6, 6.07) is 10.2. The second-order valence-corrected chi connectivity index (χ2v) is 6.88. The van der Waals surface area contributed by atoms with Crippen LogP contribution in [0.15, 0.2) is 64.4 Å². The average Bonchev–Trinajstić information content (AvgIpc) is 3.20. The first-order chi connectivity index (χ1) is 14.7. The lowest BCUT2D eigenvalue weighted by molar-refractivity contribution is -0.137. The number of nitrogens with zero attached hydrogens (tertiary/aromatic N) is 2. The topological polar surface area (TPSA) is 88.9 Å². The zero-order chi connectivity index (χ0) is 22.3. The van der Waals surface area contributed by atoms with E-state index < -0.39 is 22.9 Å². The number of para-hydroxylation sites is 1. The predicted octanol–water partition coefficient (Wildman–Crippen LogP) is 3.50. The van der Waals surface area contributed by atoms with Crippen LogP contribution in [-0.4, -0.2) is 20.5 Å². The van der Waals surface area contributed by atoms with E-state index in [1.54, 1.807) is 31.2 Å². The minimum absolute atomic E-state index is 0.0252. The highest BCUT2D eigenvalue weighted by atomic mass is 19.4. The smallest absolute Gasteiger partial charge is 0.322 e. The molecule has 4 rings (SSSR count). The number of hydrogen-bond donors (Lipinski definition) is 2. The molecule has 2 aromatic carbocycles. The summed E-state index contributed by atoms with van der Waals surface area (Å²) in [4.78, 5) is 37.9. The molecule has 0 saturated carbocycles. The van der Waals surface area contributed by atoms with Crippen LogP contribution in [0.3, 0.4) is 0 Å². The Kier molecular flexibility index (Phi) is 4.77. The zero-order valence-corrected chi connectivity index (χ0v) is 16.0. The Labute approximate surface area is 172 Å². The van der Waals surface area contributed by atoms with Crippen LogP contribution in [0.4, 0.5) is 18.9 Å². The third-order valence-corrected chi connectivity index (χ3v) is 4.81. The predicted molar refractivity (Wildman–Crippen MR) is 109 cm³/mol. The molecule has 0 fully saturated rings. The van der Waals surface area contributed by atoms with Gasteiger partial charge in [0, 0.05) is 18.0 Å². The number of aromatic nitrogens is 3. The van der Waals surface area contributed by atoms with Gasteiger partial charge in [0.15, 0.2) is 6.29 Å². The van der Waals surface area contributed by atoms with Crippen LogP contribution in [0.1, 0.15) is 21.5 Å². The van der Waals surface area contributed by atoms with E-state index in [0.29, 0.717) is 12.0 Å². The molecule has 0 aliphatic heterocycles. The van der Waals surface area contributed by atoms with Crippen LogP contribution in [0.5, 0.6) is 0 Å². The molecular formula is C21H15F3N4O3. The van der Waals surface area contributed by atoms with E-state index in [2.05, 4.69) is 10.4 Å². The van der Waals surface area contributed by atoms with Crippen molar-refractivity contribution in [3.8, 4) is 5.69 Å². The summed E-state index contributed by atoms with van der Waals surface area (Å²) in [5.74, 6) is 0. The van der Waals surface area contributed by atoms with Crippen molar-refractivity contribution in [3.63, 3.8) is 0 Å². The van der Waals surface area contributed by atoms with Crippen molar-refractivity contribution in [2.75, 3.05) is 5.43 Å². The summed E-state index contributed by atoms with van der Waals surface area (Å²) in [5.41, 5.74) is 0.714. The normalized spacial score (nSPS) is 11.6. The summed E-state index contributed by atoms with van der Waals surface area (Å²) in [7, 11) is 0. The Morgan fingerprint density at radius 2 is 1.84 bits per heavy atom. The van der Waals surface area contributed by atoms with Gasteiger partial charge in [-0.25, -0.2) is 4.68 Å². The molecule has 2 N–H and O–H groups in total. The molecule has 2 heterocycles. The average molecular weight is 428 g/mol. The van der Waals surface area contributed by atoms with Crippen LogP contribution in [0, 0.1) is 6.92 Å². The molecule has 0 radical (unpaired) electrons. The number of aromatic amines is 1. The Morgan fingerprint density at radius 3 is 2.48 bits per heavy atom. The lowest BCUT2D eigenvalue weighted by Gasteiger charge is -2.18. The third kappa shape index (κ3) is 3.63. The number of hydrogen-bond acceptors (Lipinski definition) is 4. The number of fused-ring (bicyclic) bond motifs is 1. The maximum atomic E-state index is 13.8. The van der Waals surface area contributed by atoms with Crippen molar-refractivity contribution < 1.29 is 18.0 Å². The lowest BCUT2D eigenvalue weighted by atomic mass is 10.1. The van der Waals surface area contributed by atoms with Gasteiger partial charge < -0.3 is 9.55 Å². The fraction of sp³-hybridized carbons (Fsp3) is 0.0952. The SMILES string of the molecule is Cc1ccccc1Nn1c(=O)c(=O)[nH]c2cc(C(F)(F)F)c(-n3ccc(C=O)c3)cc21. The second-order valence-electron chi connectivity index (χ2n) is 6.88. The van der Waals surface area contributed by atoms with Crippen molar-refractivity contribution in [2.24, 2.45) is 0 Å². The number of alkyl halides is 3. The van der Waals surface area contributed by atoms with Gasteiger partial charge in [-0.1, -0.05) is 18.2 Å². The van der Waals surface area contributed by atoms with E-state index in [0.717, 1.165) is 26.9 Å². The van der Waals surface area contributed by atoms with E-state index in [1.807, 2.05) is 0 Å².